The van der Waals surface area contributed by atoms with Crippen molar-refractivity contribution in [2.75, 3.05) is 13.1 Å². The number of carbonyl (C=O) groups excluding carboxylic acids is 1. The lowest BCUT2D eigenvalue weighted by atomic mass is 10.2. The molecule has 108 valence electrons. The number of hydrogen-bond donors (Lipinski definition) is 1. The van der Waals surface area contributed by atoms with Crippen molar-refractivity contribution >= 4 is 29.6 Å². The third-order valence-corrected chi connectivity index (χ3v) is 2.88. The van der Waals surface area contributed by atoms with Crippen LogP contribution in [0.3, 0.4) is 0 Å². The summed E-state index contributed by atoms with van der Waals surface area (Å²) >= 11 is 5.99. The third kappa shape index (κ3) is 5.45. The van der Waals surface area contributed by atoms with E-state index < -0.39 is 5.97 Å². The number of aliphatic carboxylic acids is 1. The maximum Gasteiger partial charge on any atom is 0.323 e. The van der Waals surface area contributed by atoms with Crippen molar-refractivity contribution in [2.24, 2.45) is 5.92 Å². The highest BCUT2D eigenvalue weighted by Crippen LogP contribution is 2.16. The first-order chi connectivity index (χ1) is 9.40. The molecule has 0 spiro atoms. The van der Waals surface area contributed by atoms with Crippen LogP contribution in [0.25, 0.3) is 6.08 Å². The van der Waals surface area contributed by atoms with E-state index in [2.05, 4.69) is 0 Å². The molecule has 0 aliphatic carbocycles. The molecular weight excluding hydrogens is 278 g/mol. The Balaban J connectivity index is 2.80. The zero-order valence-corrected chi connectivity index (χ0v) is 12.3. The molecule has 1 aromatic carbocycles. The molecule has 0 bridgehead atoms. The Labute approximate surface area is 123 Å². The number of halogens is 1. The van der Waals surface area contributed by atoms with Gasteiger partial charge in [-0.25, -0.2) is 0 Å². The van der Waals surface area contributed by atoms with Crippen molar-refractivity contribution in [1.82, 2.24) is 4.90 Å². The van der Waals surface area contributed by atoms with Crippen LogP contribution in [-0.4, -0.2) is 35.0 Å². The summed E-state index contributed by atoms with van der Waals surface area (Å²) in [6.07, 6.45) is 2.95. The van der Waals surface area contributed by atoms with Gasteiger partial charge >= 0.3 is 5.97 Å². The van der Waals surface area contributed by atoms with E-state index in [0.717, 1.165) is 5.56 Å². The molecule has 4 nitrogen and oxygen atoms in total. The van der Waals surface area contributed by atoms with Crippen LogP contribution in [0.4, 0.5) is 0 Å². The van der Waals surface area contributed by atoms with Gasteiger partial charge in [0.1, 0.15) is 6.54 Å². The average Bonchev–Trinajstić information content (AvgIpc) is 2.35. The second-order valence-electron chi connectivity index (χ2n) is 4.86. The van der Waals surface area contributed by atoms with Gasteiger partial charge in [-0.3, -0.25) is 9.59 Å². The lowest BCUT2D eigenvalue weighted by molar-refractivity contribution is -0.143. The fourth-order valence-electron chi connectivity index (χ4n) is 1.71. The van der Waals surface area contributed by atoms with E-state index in [0.29, 0.717) is 11.6 Å². The molecule has 0 saturated heterocycles. The SMILES string of the molecule is CC(C)CN(CC(=O)O)C(=O)C=Cc1ccccc1Cl. The van der Waals surface area contributed by atoms with Gasteiger partial charge in [-0.15, -0.1) is 0 Å². The highest BCUT2D eigenvalue weighted by atomic mass is 35.5. The van der Waals surface area contributed by atoms with Crippen LogP contribution < -0.4 is 0 Å². The molecule has 0 saturated carbocycles. The summed E-state index contributed by atoms with van der Waals surface area (Å²) in [5.74, 6) is -1.15. The van der Waals surface area contributed by atoms with Crippen LogP contribution >= 0.6 is 11.6 Å². The zero-order chi connectivity index (χ0) is 15.1. The zero-order valence-electron chi connectivity index (χ0n) is 11.5. The summed E-state index contributed by atoms with van der Waals surface area (Å²) in [5, 5.41) is 9.38. The number of carboxylic acid groups (broad SMARTS) is 1. The van der Waals surface area contributed by atoms with E-state index >= 15 is 0 Å². The second kappa shape index (κ2) is 7.70. The summed E-state index contributed by atoms with van der Waals surface area (Å²) in [7, 11) is 0. The fraction of sp³-hybridized carbons (Fsp3) is 0.333. The average molecular weight is 296 g/mol. The van der Waals surface area contributed by atoms with Gasteiger partial charge in [0, 0.05) is 17.6 Å². The molecular formula is C15H18ClNO3. The van der Waals surface area contributed by atoms with Gasteiger partial charge in [-0.2, -0.15) is 0 Å². The second-order valence-corrected chi connectivity index (χ2v) is 5.27. The Morgan fingerprint density at radius 3 is 2.55 bits per heavy atom. The molecule has 1 aromatic rings. The van der Waals surface area contributed by atoms with Crippen LogP contribution in [0.2, 0.25) is 5.02 Å². The van der Waals surface area contributed by atoms with E-state index in [-0.39, 0.29) is 18.4 Å². The molecule has 0 atom stereocenters. The largest absolute Gasteiger partial charge is 0.480 e. The number of amides is 1. The van der Waals surface area contributed by atoms with E-state index in [1.165, 1.54) is 11.0 Å². The highest BCUT2D eigenvalue weighted by molar-refractivity contribution is 6.32. The minimum Gasteiger partial charge on any atom is -0.480 e. The molecule has 1 N–H and O–H groups in total. The monoisotopic (exact) mass is 295 g/mol. The topological polar surface area (TPSA) is 57.6 Å². The number of hydrogen-bond acceptors (Lipinski definition) is 2. The van der Waals surface area contributed by atoms with Crippen molar-refractivity contribution in [2.45, 2.75) is 13.8 Å². The third-order valence-electron chi connectivity index (χ3n) is 2.53. The molecule has 5 heteroatoms. The quantitative estimate of drug-likeness (QED) is 0.821. The molecule has 0 radical (unpaired) electrons. The van der Waals surface area contributed by atoms with Gasteiger partial charge in [-0.1, -0.05) is 43.6 Å². The maximum atomic E-state index is 12.0. The Morgan fingerprint density at radius 1 is 1.35 bits per heavy atom. The minimum absolute atomic E-state index is 0.201. The molecule has 1 amide bonds. The van der Waals surface area contributed by atoms with Crippen LogP contribution in [0.1, 0.15) is 19.4 Å². The number of benzene rings is 1. The van der Waals surface area contributed by atoms with Crippen molar-refractivity contribution in [3.05, 3.63) is 40.9 Å². The summed E-state index contributed by atoms with van der Waals surface area (Å²) in [6.45, 7) is 3.96. The number of rotatable bonds is 6. The predicted octanol–water partition coefficient (Wildman–Crippen LogP) is 2.92. The van der Waals surface area contributed by atoms with E-state index in [1.807, 2.05) is 19.9 Å². The van der Waals surface area contributed by atoms with Gasteiger partial charge in [-0.05, 0) is 23.6 Å². The molecule has 1 rings (SSSR count). The van der Waals surface area contributed by atoms with Gasteiger partial charge in [0.25, 0.3) is 0 Å². The highest BCUT2D eigenvalue weighted by Gasteiger charge is 2.15. The number of carbonyl (C=O) groups is 2. The van der Waals surface area contributed by atoms with Crippen LogP contribution in [-0.2, 0) is 9.59 Å². The standard InChI is InChI=1S/C15H18ClNO3/c1-11(2)9-17(10-15(19)20)14(18)8-7-12-5-3-4-6-13(12)16/h3-8,11H,9-10H2,1-2H3,(H,19,20). The van der Waals surface area contributed by atoms with Crippen LogP contribution in [0, 0.1) is 5.92 Å². The van der Waals surface area contributed by atoms with Crippen molar-refractivity contribution in [3.63, 3.8) is 0 Å². The summed E-state index contributed by atoms with van der Waals surface area (Å²) < 4.78 is 0. The van der Waals surface area contributed by atoms with Gasteiger partial charge in [0.15, 0.2) is 0 Å². The van der Waals surface area contributed by atoms with Gasteiger partial charge < -0.3 is 10.0 Å². The van der Waals surface area contributed by atoms with E-state index in [9.17, 15) is 9.59 Å². The Kier molecular flexibility index (Phi) is 6.25. The summed E-state index contributed by atoms with van der Waals surface area (Å²) in [6, 6.07) is 7.14. The molecule has 0 heterocycles. The molecule has 0 fully saturated rings. The summed E-state index contributed by atoms with van der Waals surface area (Å²) in [4.78, 5) is 24.1. The maximum absolute atomic E-state index is 12.0. The Morgan fingerprint density at radius 2 is 2.00 bits per heavy atom. The molecule has 0 aliphatic rings. The van der Waals surface area contributed by atoms with Crippen molar-refractivity contribution < 1.29 is 14.7 Å². The predicted molar refractivity (Wildman–Crippen MR) is 79.5 cm³/mol. The first-order valence-corrected chi connectivity index (χ1v) is 6.71. The van der Waals surface area contributed by atoms with E-state index in [1.54, 1.807) is 24.3 Å². The Bertz CT molecular complexity index is 512. The molecule has 20 heavy (non-hydrogen) atoms. The van der Waals surface area contributed by atoms with Crippen molar-refractivity contribution in [3.8, 4) is 0 Å². The molecule has 0 unspecified atom stereocenters. The van der Waals surface area contributed by atoms with Crippen molar-refractivity contribution in [1.29, 1.82) is 0 Å². The van der Waals surface area contributed by atoms with E-state index in [4.69, 9.17) is 16.7 Å². The van der Waals surface area contributed by atoms with Crippen LogP contribution in [0.5, 0.6) is 0 Å². The first-order valence-electron chi connectivity index (χ1n) is 6.33. The number of carboxylic acids is 1. The minimum atomic E-state index is -1.02. The lowest BCUT2D eigenvalue weighted by Crippen LogP contribution is -2.37. The van der Waals surface area contributed by atoms with Crippen LogP contribution in [0.15, 0.2) is 30.3 Å². The lowest BCUT2D eigenvalue weighted by Gasteiger charge is -2.21. The fourth-order valence-corrected chi connectivity index (χ4v) is 1.91. The molecule has 0 aliphatic heterocycles. The normalized spacial score (nSPS) is 11.0. The van der Waals surface area contributed by atoms with Gasteiger partial charge in [0.05, 0.1) is 0 Å². The smallest absolute Gasteiger partial charge is 0.323 e. The summed E-state index contributed by atoms with van der Waals surface area (Å²) in [5.41, 5.74) is 0.724. The van der Waals surface area contributed by atoms with Gasteiger partial charge in [0.2, 0.25) is 5.91 Å². The number of nitrogens with zero attached hydrogens (tertiary/aromatic N) is 1. The first kappa shape index (κ1) is 16.2. The Hall–Kier alpha value is -1.81. The molecule has 0 aromatic heterocycles.